The molecule has 2 amide bonds. The highest BCUT2D eigenvalue weighted by Gasteiger charge is 2.31. The summed E-state index contributed by atoms with van der Waals surface area (Å²) in [6.45, 7) is 5.06. The fourth-order valence-electron chi connectivity index (χ4n) is 4.58. The van der Waals surface area contributed by atoms with Gasteiger partial charge in [-0.1, -0.05) is 30.4 Å². The number of rotatable bonds is 8. The van der Waals surface area contributed by atoms with Crippen LogP contribution < -0.4 is 4.90 Å². The highest BCUT2D eigenvalue weighted by molar-refractivity contribution is 7.89. The van der Waals surface area contributed by atoms with Crippen molar-refractivity contribution in [3.05, 3.63) is 77.7 Å². The molecular formula is C28H30N4O6S2. The first kappa shape index (κ1) is 27.8. The number of nitrogens with zero attached hydrogens (tertiary/aromatic N) is 4. The van der Waals surface area contributed by atoms with Crippen LogP contribution in [-0.4, -0.2) is 67.4 Å². The third kappa shape index (κ3) is 5.60. The van der Waals surface area contributed by atoms with Crippen LogP contribution in [0, 0.1) is 0 Å². The molecule has 5 rings (SSSR count). The summed E-state index contributed by atoms with van der Waals surface area (Å²) in [5, 5.41) is 0.536. The van der Waals surface area contributed by atoms with Gasteiger partial charge in [0, 0.05) is 31.7 Å². The Morgan fingerprint density at radius 3 is 2.42 bits per heavy atom. The first-order valence-electron chi connectivity index (χ1n) is 13.1. The molecule has 10 nitrogen and oxygen atoms in total. The van der Waals surface area contributed by atoms with Crippen molar-refractivity contribution in [3.8, 4) is 0 Å². The van der Waals surface area contributed by atoms with E-state index in [2.05, 4.69) is 6.92 Å². The van der Waals surface area contributed by atoms with Crippen molar-refractivity contribution in [2.75, 3.05) is 37.7 Å². The monoisotopic (exact) mass is 582 g/mol. The first-order valence-corrected chi connectivity index (χ1v) is 15.3. The van der Waals surface area contributed by atoms with Crippen LogP contribution in [0.5, 0.6) is 0 Å². The Bertz CT molecular complexity index is 1590. The van der Waals surface area contributed by atoms with E-state index in [0.717, 1.165) is 22.2 Å². The molecule has 1 aliphatic rings. The number of furan rings is 1. The SMILES string of the molecule is CCOC(=O)N1CCN(S(=O)(=O)c2ccc(C(=O)N(Cc3ccco3)c3nc4c(CC)cccc4s3)cc2)CC1. The number of aromatic nitrogens is 1. The number of aryl methyl sites for hydroxylation is 1. The maximum absolute atomic E-state index is 13.8. The lowest BCUT2D eigenvalue weighted by Crippen LogP contribution is -2.50. The Kier molecular flexibility index (Phi) is 8.19. The van der Waals surface area contributed by atoms with Crippen molar-refractivity contribution in [3.63, 3.8) is 0 Å². The molecule has 3 heterocycles. The van der Waals surface area contributed by atoms with E-state index in [1.807, 2.05) is 18.2 Å². The number of ether oxygens (including phenoxy) is 1. The molecule has 210 valence electrons. The van der Waals surface area contributed by atoms with Gasteiger partial charge in [0.05, 0.1) is 34.5 Å². The number of hydrogen-bond donors (Lipinski definition) is 0. The van der Waals surface area contributed by atoms with Crippen LogP contribution in [0.1, 0.15) is 35.5 Å². The number of anilines is 1. The summed E-state index contributed by atoms with van der Waals surface area (Å²) >= 11 is 1.42. The van der Waals surface area contributed by atoms with Gasteiger partial charge in [-0.25, -0.2) is 18.2 Å². The summed E-state index contributed by atoms with van der Waals surface area (Å²) in [6, 6.07) is 15.5. The van der Waals surface area contributed by atoms with Crippen molar-refractivity contribution < 1.29 is 27.2 Å². The molecule has 0 bridgehead atoms. The van der Waals surface area contributed by atoms with Crippen LogP contribution in [-0.2, 0) is 27.7 Å². The van der Waals surface area contributed by atoms with Gasteiger partial charge in [0.1, 0.15) is 5.76 Å². The van der Waals surface area contributed by atoms with Crippen LogP contribution in [0.4, 0.5) is 9.93 Å². The lowest BCUT2D eigenvalue weighted by molar-refractivity contribution is 0.0933. The van der Waals surface area contributed by atoms with Crippen molar-refractivity contribution in [2.45, 2.75) is 31.7 Å². The lowest BCUT2D eigenvalue weighted by Gasteiger charge is -2.33. The van der Waals surface area contributed by atoms with E-state index < -0.39 is 16.1 Å². The van der Waals surface area contributed by atoms with Gasteiger partial charge in [-0.05, 0) is 61.4 Å². The molecule has 12 heteroatoms. The molecule has 0 saturated carbocycles. The molecule has 4 aromatic rings. The smallest absolute Gasteiger partial charge is 0.409 e. The van der Waals surface area contributed by atoms with Gasteiger partial charge < -0.3 is 14.1 Å². The summed E-state index contributed by atoms with van der Waals surface area (Å²) in [7, 11) is -3.80. The molecular weight excluding hydrogens is 552 g/mol. The number of carbonyl (C=O) groups excluding carboxylic acids is 2. The van der Waals surface area contributed by atoms with Gasteiger partial charge in [0.15, 0.2) is 5.13 Å². The topological polar surface area (TPSA) is 113 Å². The second-order valence-electron chi connectivity index (χ2n) is 9.20. The molecule has 1 fully saturated rings. The van der Waals surface area contributed by atoms with Crippen LogP contribution in [0.3, 0.4) is 0 Å². The predicted molar refractivity (Wildman–Crippen MR) is 152 cm³/mol. The summed E-state index contributed by atoms with van der Waals surface area (Å²) in [4.78, 5) is 33.7. The molecule has 2 aromatic carbocycles. The van der Waals surface area contributed by atoms with Gasteiger partial charge in [-0.15, -0.1) is 0 Å². The van der Waals surface area contributed by atoms with E-state index in [9.17, 15) is 18.0 Å². The fraction of sp³-hybridized carbons (Fsp3) is 0.321. The number of benzene rings is 2. The van der Waals surface area contributed by atoms with E-state index in [1.54, 1.807) is 30.2 Å². The van der Waals surface area contributed by atoms with E-state index in [-0.39, 0.29) is 50.1 Å². The van der Waals surface area contributed by atoms with Crippen molar-refractivity contribution in [1.82, 2.24) is 14.2 Å². The van der Waals surface area contributed by atoms with Gasteiger partial charge in [0.25, 0.3) is 5.91 Å². The van der Waals surface area contributed by atoms with Gasteiger partial charge in [-0.3, -0.25) is 9.69 Å². The largest absolute Gasteiger partial charge is 0.467 e. The Hall–Kier alpha value is -3.74. The number of sulfonamides is 1. The maximum atomic E-state index is 13.8. The van der Waals surface area contributed by atoms with Gasteiger partial charge in [-0.2, -0.15) is 4.31 Å². The van der Waals surface area contributed by atoms with Crippen LogP contribution in [0.25, 0.3) is 10.2 Å². The van der Waals surface area contributed by atoms with E-state index in [1.165, 1.54) is 44.8 Å². The highest BCUT2D eigenvalue weighted by atomic mass is 32.2. The van der Waals surface area contributed by atoms with Crippen LogP contribution in [0.15, 0.2) is 70.2 Å². The quantitative estimate of drug-likeness (QED) is 0.294. The molecule has 40 heavy (non-hydrogen) atoms. The molecule has 2 aromatic heterocycles. The minimum atomic E-state index is -3.80. The molecule has 0 atom stereocenters. The minimum Gasteiger partial charge on any atom is -0.467 e. The van der Waals surface area contributed by atoms with Crippen molar-refractivity contribution >= 4 is 48.7 Å². The van der Waals surface area contributed by atoms with Crippen LogP contribution in [0.2, 0.25) is 0 Å². The number of thiazole rings is 1. The third-order valence-corrected chi connectivity index (χ3v) is 9.70. The summed E-state index contributed by atoms with van der Waals surface area (Å²) < 4.78 is 39.4. The summed E-state index contributed by atoms with van der Waals surface area (Å²) in [5.74, 6) is 0.282. The Balaban J connectivity index is 1.37. The normalized spacial score (nSPS) is 14.4. The van der Waals surface area contributed by atoms with Gasteiger partial charge >= 0.3 is 6.09 Å². The Morgan fingerprint density at radius 2 is 1.77 bits per heavy atom. The molecule has 0 N–H and O–H groups in total. The number of hydrogen-bond acceptors (Lipinski definition) is 8. The molecule has 0 spiro atoms. The second kappa shape index (κ2) is 11.8. The molecule has 0 unspecified atom stereocenters. The average molecular weight is 583 g/mol. The Labute approximate surface area is 236 Å². The van der Waals surface area contributed by atoms with E-state index in [4.69, 9.17) is 14.1 Å². The zero-order valence-corrected chi connectivity index (χ0v) is 23.9. The molecule has 1 aliphatic heterocycles. The van der Waals surface area contributed by atoms with Crippen molar-refractivity contribution in [2.24, 2.45) is 0 Å². The Morgan fingerprint density at radius 1 is 1.02 bits per heavy atom. The van der Waals surface area contributed by atoms with Crippen LogP contribution >= 0.6 is 11.3 Å². The number of fused-ring (bicyclic) bond motifs is 1. The number of carbonyl (C=O) groups is 2. The maximum Gasteiger partial charge on any atom is 0.409 e. The predicted octanol–water partition coefficient (Wildman–Crippen LogP) is 4.76. The zero-order valence-electron chi connectivity index (χ0n) is 22.3. The molecule has 0 radical (unpaired) electrons. The summed E-state index contributed by atoms with van der Waals surface area (Å²) in [5.41, 5.74) is 2.29. The standard InChI is InChI=1S/C28H30N4O6S2/c1-3-20-7-5-9-24-25(20)29-27(39-24)32(19-22-8-6-18-38-22)26(33)21-10-12-23(13-11-21)40(35,36)31-16-14-30(15-17-31)28(34)37-4-2/h5-13,18H,3-4,14-17,19H2,1-2H3. The van der Waals surface area contributed by atoms with E-state index >= 15 is 0 Å². The molecule has 0 aliphatic carbocycles. The second-order valence-corrected chi connectivity index (χ2v) is 12.1. The average Bonchev–Trinajstić information content (AvgIpc) is 3.65. The number of para-hydroxylation sites is 1. The lowest BCUT2D eigenvalue weighted by atomic mass is 10.1. The first-order chi connectivity index (χ1) is 19.3. The zero-order chi connectivity index (χ0) is 28.3. The third-order valence-electron chi connectivity index (χ3n) is 6.75. The number of piperazine rings is 1. The number of amides is 2. The minimum absolute atomic E-state index is 0.0822. The van der Waals surface area contributed by atoms with E-state index in [0.29, 0.717) is 16.5 Å². The molecule has 1 saturated heterocycles. The van der Waals surface area contributed by atoms with Crippen molar-refractivity contribution in [1.29, 1.82) is 0 Å². The van der Waals surface area contributed by atoms with Gasteiger partial charge in [0.2, 0.25) is 10.0 Å². The summed E-state index contributed by atoms with van der Waals surface area (Å²) in [6.07, 6.45) is 1.93. The highest BCUT2D eigenvalue weighted by Crippen LogP contribution is 2.33. The fourth-order valence-corrected chi connectivity index (χ4v) is 7.01.